The number of carboxylic acid groups (broad SMARTS) is 1. The molecule has 0 N–H and O–H groups in total. The Balaban J connectivity index is 2.10. The lowest BCUT2D eigenvalue weighted by molar-refractivity contribution is -0.255. The molecule has 0 saturated carbocycles. The first kappa shape index (κ1) is 14.3. The molecule has 0 unspecified atom stereocenters. The van der Waals surface area contributed by atoms with Gasteiger partial charge in [0.2, 0.25) is 0 Å². The van der Waals surface area contributed by atoms with Crippen LogP contribution < -0.4 is 5.11 Å². The Morgan fingerprint density at radius 2 is 1.95 bits per heavy atom. The number of carboxylic acids is 1. The highest BCUT2D eigenvalue weighted by atomic mass is 35.5. The molecule has 0 aliphatic heterocycles. The number of hydrogen-bond donors (Lipinski definition) is 0. The van der Waals surface area contributed by atoms with Gasteiger partial charge in [-0.25, -0.2) is 0 Å². The zero-order valence-electron chi connectivity index (χ0n) is 9.73. The van der Waals surface area contributed by atoms with Crippen molar-refractivity contribution in [1.82, 2.24) is 0 Å². The maximum atomic E-state index is 10.8. The summed E-state index contributed by atoms with van der Waals surface area (Å²) in [5.41, 5.74) is 1.08. The van der Waals surface area contributed by atoms with E-state index in [1.165, 1.54) is 17.8 Å². The Labute approximate surface area is 125 Å². The molecule has 2 rings (SSSR count). The van der Waals surface area contributed by atoms with Gasteiger partial charge in [0.05, 0.1) is 11.0 Å². The SMILES string of the molecule is O=C([O-])c1cccc(CSc2ccc(Cl)cc2Cl)c1. The van der Waals surface area contributed by atoms with Gasteiger partial charge in [-0.3, -0.25) is 0 Å². The first-order valence-corrected chi connectivity index (χ1v) is 7.18. The van der Waals surface area contributed by atoms with Crippen molar-refractivity contribution in [2.24, 2.45) is 0 Å². The van der Waals surface area contributed by atoms with E-state index in [2.05, 4.69) is 0 Å². The van der Waals surface area contributed by atoms with Crippen LogP contribution in [0.15, 0.2) is 47.4 Å². The zero-order chi connectivity index (χ0) is 13.8. The predicted octanol–water partition coefficient (Wildman–Crippen LogP) is 3.65. The van der Waals surface area contributed by atoms with Crippen LogP contribution in [0.25, 0.3) is 0 Å². The van der Waals surface area contributed by atoms with Gasteiger partial charge in [-0.15, -0.1) is 11.8 Å². The molecule has 0 aromatic heterocycles. The number of thioether (sulfide) groups is 1. The fourth-order valence-corrected chi connectivity index (χ4v) is 2.98. The average Bonchev–Trinajstić information content (AvgIpc) is 2.38. The molecule has 0 saturated heterocycles. The third-order valence-corrected chi connectivity index (χ3v) is 4.26. The summed E-state index contributed by atoms with van der Waals surface area (Å²) in [6, 6.07) is 12.0. The molecule has 0 spiro atoms. The lowest BCUT2D eigenvalue weighted by Crippen LogP contribution is -2.22. The minimum absolute atomic E-state index is 0.181. The van der Waals surface area contributed by atoms with Crippen molar-refractivity contribution < 1.29 is 9.90 Å². The first-order chi connectivity index (χ1) is 9.06. The molecule has 0 fully saturated rings. The van der Waals surface area contributed by atoms with Gasteiger partial charge in [0.15, 0.2) is 0 Å². The molecule has 0 aliphatic carbocycles. The largest absolute Gasteiger partial charge is 0.545 e. The Hall–Kier alpha value is -1.16. The molecule has 19 heavy (non-hydrogen) atoms. The van der Waals surface area contributed by atoms with Crippen LogP contribution in [-0.4, -0.2) is 5.97 Å². The number of rotatable bonds is 4. The molecular formula is C14H9Cl2O2S-. The fraction of sp³-hybridized carbons (Fsp3) is 0.0714. The topological polar surface area (TPSA) is 40.1 Å². The second kappa shape index (κ2) is 6.33. The van der Waals surface area contributed by atoms with Crippen molar-refractivity contribution in [2.75, 3.05) is 0 Å². The highest BCUT2D eigenvalue weighted by Gasteiger charge is 2.03. The van der Waals surface area contributed by atoms with E-state index >= 15 is 0 Å². The minimum Gasteiger partial charge on any atom is -0.545 e. The van der Waals surface area contributed by atoms with Crippen LogP contribution in [-0.2, 0) is 5.75 Å². The standard InChI is InChI=1S/C14H10Cl2O2S/c15-11-4-5-13(12(16)7-11)19-8-9-2-1-3-10(6-9)14(17)18/h1-7H,8H2,(H,17,18)/p-1. The summed E-state index contributed by atoms with van der Waals surface area (Å²) >= 11 is 13.4. The van der Waals surface area contributed by atoms with Crippen molar-refractivity contribution in [3.8, 4) is 0 Å². The molecular weight excluding hydrogens is 303 g/mol. The summed E-state index contributed by atoms with van der Waals surface area (Å²) in [7, 11) is 0. The molecule has 2 aromatic rings. The zero-order valence-corrected chi connectivity index (χ0v) is 12.1. The van der Waals surface area contributed by atoms with Gasteiger partial charge in [0, 0.05) is 15.7 Å². The van der Waals surface area contributed by atoms with E-state index in [1.54, 1.807) is 24.3 Å². The Morgan fingerprint density at radius 3 is 2.63 bits per heavy atom. The van der Waals surface area contributed by atoms with Crippen molar-refractivity contribution in [3.63, 3.8) is 0 Å². The molecule has 0 amide bonds. The molecule has 0 bridgehead atoms. The molecule has 2 aromatic carbocycles. The van der Waals surface area contributed by atoms with E-state index in [0.29, 0.717) is 15.8 Å². The monoisotopic (exact) mass is 311 g/mol. The number of carbonyl (C=O) groups is 1. The van der Waals surface area contributed by atoms with E-state index < -0.39 is 5.97 Å². The molecule has 0 radical (unpaired) electrons. The maximum Gasteiger partial charge on any atom is 0.0715 e. The lowest BCUT2D eigenvalue weighted by Gasteiger charge is -2.07. The van der Waals surface area contributed by atoms with Gasteiger partial charge in [0.25, 0.3) is 0 Å². The number of carbonyl (C=O) groups excluding carboxylic acids is 1. The van der Waals surface area contributed by atoms with Crippen molar-refractivity contribution >= 4 is 40.9 Å². The summed E-state index contributed by atoms with van der Waals surface area (Å²) in [5, 5.41) is 11.9. The first-order valence-electron chi connectivity index (χ1n) is 5.44. The molecule has 0 aliphatic rings. The summed E-state index contributed by atoms with van der Waals surface area (Å²) in [4.78, 5) is 11.7. The maximum absolute atomic E-state index is 10.8. The van der Waals surface area contributed by atoms with Crippen LogP contribution in [0.4, 0.5) is 0 Å². The fourth-order valence-electron chi connectivity index (χ4n) is 1.54. The van der Waals surface area contributed by atoms with Gasteiger partial charge in [-0.2, -0.15) is 0 Å². The van der Waals surface area contributed by atoms with Crippen LogP contribution in [0.3, 0.4) is 0 Å². The van der Waals surface area contributed by atoms with Crippen LogP contribution in [0.5, 0.6) is 0 Å². The van der Waals surface area contributed by atoms with Crippen LogP contribution in [0.1, 0.15) is 15.9 Å². The van der Waals surface area contributed by atoms with E-state index in [4.69, 9.17) is 23.2 Å². The van der Waals surface area contributed by atoms with Crippen molar-refractivity contribution in [3.05, 3.63) is 63.6 Å². The van der Waals surface area contributed by atoms with E-state index in [9.17, 15) is 9.90 Å². The smallest absolute Gasteiger partial charge is 0.0715 e. The van der Waals surface area contributed by atoms with Crippen molar-refractivity contribution in [1.29, 1.82) is 0 Å². The van der Waals surface area contributed by atoms with E-state index in [0.717, 1.165) is 10.5 Å². The van der Waals surface area contributed by atoms with E-state index in [1.807, 2.05) is 12.1 Å². The van der Waals surface area contributed by atoms with Gasteiger partial charge >= 0.3 is 0 Å². The quantitative estimate of drug-likeness (QED) is 0.809. The van der Waals surface area contributed by atoms with Gasteiger partial charge in [0.1, 0.15) is 0 Å². The number of halogens is 2. The van der Waals surface area contributed by atoms with Gasteiger partial charge in [-0.05, 0) is 35.4 Å². The molecule has 98 valence electrons. The predicted molar refractivity (Wildman–Crippen MR) is 76.8 cm³/mol. The van der Waals surface area contributed by atoms with Gasteiger partial charge < -0.3 is 9.90 Å². The number of aromatic carboxylic acids is 1. The summed E-state index contributed by atoms with van der Waals surface area (Å²) in [6.45, 7) is 0. The van der Waals surface area contributed by atoms with Crippen LogP contribution in [0.2, 0.25) is 10.0 Å². The summed E-state index contributed by atoms with van der Waals surface area (Å²) in [6.07, 6.45) is 0. The lowest BCUT2D eigenvalue weighted by atomic mass is 10.1. The minimum atomic E-state index is -1.17. The highest BCUT2D eigenvalue weighted by Crippen LogP contribution is 2.31. The Bertz CT molecular complexity index is 614. The normalized spacial score (nSPS) is 10.4. The Morgan fingerprint density at radius 1 is 1.16 bits per heavy atom. The molecule has 0 atom stereocenters. The third kappa shape index (κ3) is 3.90. The second-order valence-electron chi connectivity index (χ2n) is 3.85. The molecule has 2 nitrogen and oxygen atoms in total. The summed E-state index contributed by atoms with van der Waals surface area (Å²) < 4.78 is 0. The number of hydrogen-bond acceptors (Lipinski definition) is 3. The van der Waals surface area contributed by atoms with Crippen molar-refractivity contribution in [2.45, 2.75) is 10.6 Å². The number of benzene rings is 2. The second-order valence-corrected chi connectivity index (χ2v) is 5.71. The van der Waals surface area contributed by atoms with Crippen LogP contribution in [0, 0.1) is 0 Å². The van der Waals surface area contributed by atoms with E-state index in [-0.39, 0.29) is 5.56 Å². The van der Waals surface area contributed by atoms with Gasteiger partial charge in [-0.1, -0.05) is 41.4 Å². The average molecular weight is 312 g/mol. The highest BCUT2D eigenvalue weighted by molar-refractivity contribution is 7.98. The van der Waals surface area contributed by atoms with Crippen LogP contribution >= 0.6 is 35.0 Å². The Kier molecular flexibility index (Phi) is 4.75. The third-order valence-electron chi connectivity index (χ3n) is 2.45. The molecule has 0 heterocycles. The summed E-state index contributed by atoms with van der Waals surface area (Å²) in [5.74, 6) is -0.543. The molecule has 5 heteroatoms.